The van der Waals surface area contributed by atoms with Crippen molar-refractivity contribution in [3.8, 4) is 0 Å². The quantitative estimate of drug-likeness (QED) is 0.746. The summed E-state index contributed by atoms with van der Waals surface area (Å²) in [5.74, 6) is 0.725. The second kappa shape index (κ2) is 6.64. The van der Waals surface area contributed by atoms with E-state index in [0.29, 0.717) is 18.2 Å². The van der Waals surface area contributed by atoms with E-state index in [1.54, 1.807) is 14.2 Å². The molecule has 0 aromatic rings. The second-order valence-corrected chi connectivity index (χ2v) is 5.54. The SMILES string of the molecule is COC1CN(CC(=O)C2CCCCC2)CC1OC. The molecule has 0 spiro atoms. The number of methoxy groups -OCH3 is 2. The van der Waals surface area contributed by atoms with Crippen LogP contribution in [0.25, 0.3) is 0 Å². The van der Waals surface area contributed by atoms with Crippen molar-refractivity contribution in [1.82, 2.24) is 4.90 Å². The third-order valence-corrected chi connectivity index (χ3v) is 4.34. The molecule has 4 heteroatoms. The third-order valence-electron chi connectivity index (χ3n) is 4.34. The lowest BCUT2D eigenvalue weighted by molar-refractivity contribution is -0.124. The summed E-state index contributed by atoms with van der Waals surface area (Å²) in [6.07, 6.45) is 6.13. The molecular formula is C14H25NO3. The van der Waals surface area contributed by atoms with Crippen molar-refractivity contribution in [2.24, 2.45) is 5.92 Å². The average molecular weight is 255 g/mol. The lowest BCUT2D eigenvalue weighted by Gasteiger charge is -2.23. The molecule has 1 aliphatic heterocycles. The van der Waals surface area contributed by atoms with Crippen LogP contribution in [0.5, 0.6) is 0 Å². The van der Waals surface area contributed by atoms with Crippen molar-refractivity contribution in [2.75, 3.05) is 33.9 Å². The zero-order valence-corrected chi connectivity index (χ0v) is 11.6. The topological polar surface area (TPSA) is 38.8 Å². The molecule has 0 radical (unpaired) electrons. The molecule has 104 valence electrons. The van der Waals surface area contributed by atoms with E-state index in [-0.39, 0.29) is 12.2 Å². The first-order valence-corrected chi connectivity index (χ1v) is 7.05. The second-order valence-electron chi connectivity index (χ2n) is 5.54. The average Bonchev–Trinajstić information content (AvgIpc) is 2.81. The van der Waals surface area contributed by atoms with E-state index in [0.717, 1.165) is 25.9 Å². The van der Waals surface area contributed by atoms with Crippen LogP contribution in [0.4, 0.5) is 0 Å². The first kappa shape index (κ1) is 14.0. The van der Waals surface area contributed by atoms with Gasteiger partial charge in [0.15, 0.2) is 0 Å². The van der Waals surface area contributed by atoms with Crippen LogP contribution in [0.15, 0.2) is 0 Å². The maximum atomic E-state index is 12.2. The van der Waals surface area contributed by atoms with E-state index in [2.05, 4.69) is 4.90 Å². The van der Waals surface area contributed by atoms with E-state index in [1.807, 2.05) is 0 Å². The fourth-order valence-corrected chi connectivity index (χ4v) is 3.17. The van der Waals surface area contributed by atoms with Gasteiger partial charge in [0.1, 0.15) is 5.78 Å². The Morgan fingerprint density at radius 3 is 2.11 bits per heavy atom. The zero-order chi connectivity index (χ0) is 13.0. The molecule has 2 aliphatic rings. The minimum absolute atomic E-state index is 0.106. The van der Waals surface area contributed by atoms with Crippen molar-refractivity contribution in [3.05, 3.63) is 0 Å². The van der Waals surface area contributed by atoms with Gasteiger partial charge in [0.25, 0.3) is 0 Å². The zero-order valence-electron chi connectivity index (χ0n) is 11.6. The molecule has 2 unspecified atom stereocenters. The third kappa shape index (κ3) is 3.31. The summed E-state index contributed by atoms with van der Waals surface area (Å²) < 4.78 is 10.8. The number of ether oxygens (including phenoxy) is 2. The van der Waals surface area contributed by atoms with Gasteiger partial charge in [-0.25, -0.2) is 0 Å². The number of ketones is 1. The van der Waals surface area contributed by atoms with Crippen molar-refractivity contribution in [2.45, 2.75) is 44.3 Å². The molecular weight excluding hydrogens is 230 g/mol. The van der Waals surface area contributed by atoms with Crippen LogP contribution in [-0.2, 0) is 14.3 Å². The van der Waals surface area contributed by atoms with Crippen molar-refractivity contribution < 1.29 is 14.3 Å². The lowest BCUT2D eigenvalue weighted by Crippen LogP contribution is -2.33. The first-order chi connectivity index (χ1) is 8.74. The van der Waals surface area contributed by atoms with Crippen LogP contribution >= 0.6 is 0 Å². The Morgan fingerprint density at radius 2 is 1.61 bits per heavy atom. The Bertz CT molecular complexity index is 264. The van der Waals surface area contributed by atoms with Gasteiger partial charge < -0.3 is 9.47 Å². The Kier molecular flexibility index (Phi) is 5.15. The Morgan fingerprint density at radius 1 is 1.06 bits per heavy atom. The van der Waals surface area contributed by atoms with Gasteiger partial charge in [-0.3, -0.25) is 9.69 Å². The number of hydrogen-bond donors (Lipinski definition) is 0. The minimum Gasteiger partial charge on any atom is -0.377 e. The van der Waals surface area contributed by atoms with E-state index >= 15 is 0 Å². The van der Waals surface area contributed by atoms with E-state index in [1.165, 1.54) is 19.3 Å². The van der Waals surface area contributed by atoms with Crippen molar-refractivity contribution in [1.29, 1.82) is 0 Å². The van der Waals surface area contributed by atoms with Crippen molar-refractivity contribution >= 4 is 5.78 Å². The van der Waals surface area contributed by atoms with Crippen LogP contribution in [0.1, 0.15) is 32.1 Å². The molecule has 1 heterocycles. The molecule has 2 fully saturated rings. The summed E-state index contributed by atoms with van der Waals surface area (Å²) in [5, 5.41) is 0. The van der Waals surface area contributed by atoms with E-state index in [9.17, 15) is 4.79 Å². The van der Waals surface area contributed by atoms with Gasteiger partial charge in [-0.15, -0.1) is 0 Å². The normalized spacial score (nSPS) is 30.8. The minimum atomic E-state index is 0.106. The van der Waals surface area contributed by atoms with E-state index < -0.39 is 0 Å². The van der Waals surface area contributed by atoms with Gasteiger partial charge in [-0.05, 0) is 12.8 Å². The Labute approximate surface area is 110 Å². The highest BCUT2D eigenvalue weighted by atomic mass is 16.5. The maximum absolute atomic E-state index is 12.2. The molecule has 4 nitrogen and oxygen atoms in total. The predicted molar refractivity (Wildman–Crippen MR) is 69.6 cm³/mol. The van der Waals surface area contributed by atoms with Gasteiger partial charge in [0, 0.05) is 33.2 Å². The molecule has 1 saturated heterocycles. The van der Waals surface area contributed by atoms with E-state index in [4.69, 9.17) is 9.47 Å². The highest BCUT2D eigenvalue weighted by Crippen LogP contribution is 2.25. The van der Waals surface area contributed by atoms with Crippen LogP contribution in [0.2, 0.25) is 0 Å². The van der Waals surface area contributed by atoms with Crippen LogP contribution in [-0.4, -0.2) is 56.7 Å². The molecule has 0 N–H and O–H groups in total. The highest BCUT2D eigenvalue weighted by Gasteiger charge is 2.34. The Balaban J connectivity index is 1.81. The summed E-state index contributed by atoms with van der Waals surface area (Å²) in [7, 11) is 3.42. The summed E-state index contributed by atoms with van der Waals surface area (Å²) in [6.45, 7) is 2.20. The smallest absolute Gasteiger partial charge is 0.149 e. The Hall–Kier alpha value is -0.450. The molecule has 0 aromatic carbocycles. The van der Waals surface area contributed by atoms with Crippen molar-refractivity contribution in [3.63, 3.8) is 0 Å². The molecule has 0 bridgehead atoms. The largest absolute Gasteiger partial charge is 0.377 e. The molecule has 18 heavy (non-hydrogen) atoms. The van der Waals surface area contributed by atoms with Gasteiger partial charge in [-0.1, -0.05) is 19.3 Å². The van der Waals surface area contributed by atoms with Gasteiger partial charge >= 0.3 is 0 Å². The molecule has 0 aromatic heterocycles. The lowest BCUT2D eigenvalue weighted by atomic mass is 9.86. The summed E-state index contributed by atoms with van der Waals surface area (Å²) in [6, 6.07) is 0. The molecule has 2 atom stereocenters. The molecule has 1 saturated carbocycles. The monoisotopic (exact) mass is 255 g/mol. The van der Waals surface area contributed by atoms with Crippen LogP contribution in [0, 0.1) is 5.92 Å². The number of rotatable bonds is 5. The number of carbonyl (C=O) groups is 1. The molecule has 1 aliphatic carbocycles. The van der Waals surface area contributed by atoms with Gasteiger partial charge in [0.05, 0.1) is 18.8 Å². The van der Waals surface area contributed by atoms with Crippen LogP contribution in [0.3, 0.4) is 0 Å². The highest BCUT2D eigenvalue weighted by molar-refractivity contribution is 5.83. The predicted octanol–water partition coefficient (Wildman–Crippen LogP) is 1.48. The fourth-order valence-electron chi connectivity index (χ4n) is 3.17. The number of hydrogen-bond acceptors (Lipinski definition) is 4. The summed E-state index contributed by atoms with van der Waals surface area (Å²) in [5.41, 5.74) is 0. The maximum Gasteiger partial charge on any atom is 0.149 e. The number of nitrogens with zero attached hydrogens (tertiary/aromatic N) is 1. The van der Waals surface area contributed by atoms with Gasteiger partial charge in [-0.2, -0.15) is 0 Å². The summed E-state index contributed by atoms with van der Waals surface area (Å²) >= 11 is 0. The fraction of sp³-hybridized carbons (Fsp3) is 0.929. The number of likely N-dealkylation sites (tertiary alicyclic amines) is 1. The molecule has 2 rings (SSSR count). The molecule has 0 amide bonds. The summed E-state index contributed by atoms with van der Waals surface area (Å²) in [4.78, 5) is 14.4. The number of Topliss-reactive ketones (excluding diaryl/α,β-unsaturated/α-hetero) is 1. The standard InChI is InChI=1S/C14H25NO3/c1-17-13-9-15(10-14(13)18-2)8-12(16)11-6-4-3-5-7-11/h11,13-14H,3-10H2,1-2H3. The van der Waals surface area contributed by atoms with Crippen LogP contribution < -0.4 is 0 Å². The first-order valence-electron chi connectivity index (χ1n) is 7.05. The van der Waals surface area contributed by atoms with Gasteiger partial charge in [0.2, 0.25) is 0 Å². The number of carbonyl (C=O) groups excluding carboxylic acids is 1.